The molecule has 1 aliphatic carbocycles. The first-order chi connectivity index (χ1) is 6.27. The first-order valence-corrected chi connectivity index (χ1v) is 5.59. The summed E-state index contributed by atoms with van der Waals surface area (Å²) in [5, 5.41) is 23.3. The predicted molar refractivity (Wildman–Crippen MR) is 52.8 cm³/mol. The normalized spacial score (nSPS) is 21.4. The van der Waals surface area contributed by atoms with Gasteiger partial charge in [-0.1, -0.05) is 0 Å². The number of aliphatic hydroxyl groups excluding tert-OH is 2. The molecule has 1 aliphatic rings. The largest absolute Gasteiger partial charge is 0.390 e. The highest BCUT2D eigenvalue weighted by molar-refractivity contribution is 7.07. The van der Waals surface area contributed by atoms with Crippen LogP contribution in [0.4, 0.5) is 0 Å². The molecule has 2 atom stereocenters. The van der Waals surface area contributed by atoms with Gasteiger partial charge in [0.15, 0.2) is 0 Å². The summed E-state index contributed by atoms with van der Waals surface area (Å²) in [6, 6.07) is 1.99. The molecule has 0 spiro atoms. The molecular formula is C10H14O2S. The molecule has 1 fully saturated rings. The van der Waals surface area contributed by atoms with E-state index in [0.717, 1.165) is 18.4 Å². The first kappa shape index (κ1) is 9.19. The number of rotatable bonds is 4. The van der Waals surface area contributed by atoms with Crippen molar-refractivity contribution < 1.29 is 10.2 Å². The van der Waals surface area contributed by atoms with Gasteiger partial charge in [0.1, 0.15) is 0 Å². The highest BCUT2D eigenvalue weighted by Crippen LogP contribution is 2.34. The molecule has 0 aromatic carbocycles. The molecule has 2 N–H and O–H groups in total. The molecule has 0 radical (unpaired) electrons. The number of aliphatic hydroxyl groups is 2. The van der Waals surface area contributed by atoms with Crippen LogP contribution in [0, 0.1) is 5.92 Å². The minimum Gasteiger partial charge on any atom is -0.390 e. The number of thiophene rings is 1. The Morgan fingerprint density at radius 3 is 2.77 bits per heavy atom. The molecule has 0 amide bonds. The summed E-state index contributed by atoms with van der Waals surface area (Å²) in [7, 11) is 0. The van der Waals surface area contributed by atoms with Crippen LogP contribution < -0.4 is 0 Å². The van der Waals surface area contributed by atoms with Gasteiger partial charge < -0.3 is 10.2 Å². The summed E-state index contributed by atoms with van der Waals surface area (Å²) in [4.78, 5) is 0. The average molecular weight is 198 g/mol. The summed E-state index contributed by atoms with van der Waals surface area (Å²) < 4.78 is 0. The third-order valence-electron chi connectivity index (χ3n) is 2.52. The van der Waals surface area contributed by atoms with Crippen molar-refractivity contribution in [3.63, 3.8) is 0 Å². The molecule has 0 aliphatic heterocycles. The minimum atomic E-state index is -0.581. The zero-order chi connectivity index (χ0) is 9.26. The molecule has 72 valence electrons. The summed E-state index contributed by atoms with van der Waals surface area (Å²) in [6.07, 6.45) is 1.63. The molecule has 3 heteroatoms. The molecule has 1 saturated carbocycles. The van der Waals surface area contributed by atoms with E-state index < -0.39 is 12.2 Å². The van der Waals surface area contributed by atoms with Crippen molar-refractivity contribution in [3.8, 4) is 0 Å². The molecule has 1 heterocycles. The maximum absolute atomic E-state index is 9.65. The molecule has 2 nitrogen and oxygen atoms in total. The quantitative estimate of drug-likeness (QED) is 0.768. The fourth-order valence-electron chi connectivity index (χ4n) is 1.52. The van der Waals surface area contributed by atoms with E-state index in [1.165, 1.54) is 0 Å². The van der Waals surface area contributed by atoms with E-state index in [1.54, 1.807) is 11.3 Å². The molecule has 0 saturated heterocycles. The van der Waals surface area contributed by atoms with Gasteiger partial charge in [0.05, 0.1) is 12.2 Å². The topological polar surface area (TPSA) is 40.5 Å². The van der Waals surface area contributed by atoms with Gasteiger partial charge in [-0.25, -0.2) is 0 Å². The van der Waals surface area contributed by atoms with Crippen molar-refractivity contribution in [2.45, 2.75) is 31.5 Å². The van der Waals surface area contributed by atoms with Crippen LogP contribution in [0.15, 0.2) is 16.8 Å². The van der Waals surface area contributed by atoms with Crippen LogP contribution in [0.5, 0.6) is 0 Å². The number of hydrogen-bond acceptors (Lipinski definition) is 3. The lowest BCUT2D eigenvalue weighted by Gasteiger charge is -2.16. The molecule has 1 aromatic rings. The van der Waals surface area contributed by atoms with E-state index in [1.807, 2.05) is 16.8 Å². The highest BCUT2D eigenvalue weighted by Gasteiger charge is 2.34. The van der Waals surface area contributed by atoms with Crippen molar-refractivity contribution >= 4 is 11.3 Å². The van der Waals surface area contributed by atoms with Crippen molar-refractivity contribution in [1.82, 2.24) is 0 Å². The fraction of sp³-hybridized carbons (Fsp3) is 0.600. The second-order valence-corrected chi connectivity index (χ2v) is 4.51. The molecule has 1 aromatic heterocycles. The van der Waals surface area contributed by atoms with Gasteiger partial charge in [-0.2, -0.15) is 11.3 Å². The fourth-order valence-corrected chi connectivity index (χ4v) is 2.20. The lowest BCUT2D eigenvalue weighted by Crippen LogP contribution is -2.29. The van der Waals surface area contributed by atoms with Gasteiger partial charge in [-0.15, -0.1) is 0 Å². The van der Waals surface area contributed by atoms with Crippen LogP contribution in [0.3, 0.4) is 0 Å². The number of hydrogen-bond donors (Lipinski definition) is 2. The Labute approximate surface area is 81.8 Å². The van der Waals surface area contributed by atoms with E-state index in [-0.39, 0.29) is 0 Å². The summed E-state index contributed by atoms with van der Waals surface area (Å²) >= 11 is 1.62. The van der Waals surface area contributed by atoms with Crippen LogP contribution in [0.2, 0.25) is 0 Å². The Bertz CT molecular complexity index is 254. The Balaban J connectivity index is 1.86. The predicted octanol–water partition coefficient (Wildman–Crippen LogP) is 1.42. The van der Waals surface area contributed by atoms with Crippen molar-refractivity contribution in [3.05, 3.63) is 22.4 Å². The van der Waals surface area contributed by atoms with Crippen LogP contribution in [-0.2, 0) is 6.42 Å². The second kappa shape index (κ2) is 3.78. The monoisotopic (exact) mass is 198 g/mol. The third kappa shape index (κ3) is 2.30. The average Bonchev–Trinajstić information content (AvgIpc) is 2.85. The zero-order valence-electron chi connectivity index (χ0n) is 7.39. The lowest BCUT2D eigenvalue weighted by molar-refractivity contribution is 0.00678. The van der Waals surface area contributed by atoms with Crippen molar-refractivity contribution in [2.75, 3.05) is 0 Å². The summed E-state index contributed by atoms with van der Waals surface area (Å²) in [5.41, 5.74) is 1.12. The van der Waals surface area contributed by atoms with Gasteiger partial charge >= 0.3 is 0 Å². The smallest absolute Gasteiger partial charge is 0.0842 e. The van der Waals surface area contributed by atoms with E-state index in [4.69, 9.17) is 0 Å². The van der Waals surface area contributed by atoms with Gasteiger partial charge in [-0.3, -0.25) is 0 Å². The van der Waals surface area contributed by atoms with Crippen LogP contribution in [0.1, 0.15) is 18.4 Å². The van der Waals surface area contributed by atoms with Gasteiger partial charge in [-0.05, 0) is 41.1 Å². The maximum atomic E-state index is 9.65. The van der Waals surface area contributed by atoms with E-state index in [9.17, 15) is 10.2 Å². The Morgan fingerprint density at radius 2 is 2.23 bits per heavy atom. The third-order valence-corrected chi connectivity index (χ3v) is 3.26. The Hall–Kier alpha value is -0.380. The Morgan fingerprint density at radius 1 is 1.46 bits per heavy atom. The highest BCUT2D eigenvalue weighted by atomic mass is 32.1. The molecule has 2 rings (SSSR count). The maximum Gasteiger partial charge on any atom is 0.0842 e. The minimum absolute atomic E-state index is 0.355. The van der Waals surface area contributed by atoms with Crippen LogP contribution in [0.25, 0.3) is 0 Å². The van der Waals surface area contributed by atoms with Crippen molar-refractivity contribution in [1.29, 1.82) is 0 Å². The summed E-state index contributed by atoms with van der Waals surface area (Å²) in [5.74, 6) is 0.355. The standard InChI is InChI=1S/C10H14O2S/c11-9(10(12)8-1-2-8)5-7-3-4-13-6-7/h3-4,6,8-12H,1-2,5H2. The van der Waals surface area contributed by atoms with Gasteiger partial charge in [0, 0.05) is 6.42 Å². The van der Waals surface area contributed by atoms with Gasteiger partial charge in [0.2, 0.25) is 0 Å². The van der Waals surface area contributed by atoms with Crippen LogP contribution in [-0.4, -0.2) is 22.4 Å². The zero-order valence-corrected chi connectivity index (χ0v) is 8.20. The SMILES string of the molecule is OC(Cc1ccsc1)C(O)C1CC1. The lowest BCUT2D eigenvalue weighted by atomic mass is 10.0. The van der Waals surface area contributed by atoms with E-state index in [2.05, 4.69) is 0 Å². The molecule has 0 bridgehead atoms. The van der Waals surface area contributed by atoms with Gasteiger partial charge in [0.25, 0.3) is 0 Å². The first-order valence-electron chi connectivity index (χ1n) is 4.64. The van der Waals surface area contributed by atoms with E-state index in [0.29, 0.717) is 12.3 Å². The molecule has 2 unspecified atom stereocenters. The van der Waals surface area contributed by atoms with Crippen LogP contribution >= 0.6 is 11.3 Å². The molecular weight excluding hydrogens is 184 g/mol. The van der Waals surface area contributed by atoms with Crippen molar-refractivity contribution in [2.24, 2.45) is 5.92 Å². The second-order valence-electron chi connectivity index (χ2n) is 3.73. The van der Waals surface area contributed by atoms with E-state index >= 15 is 0 Å². The summed E-state index contributed by atoms with van der Waals surface area (Å²) in [6.45, 7) is 0. The molecule has 13 heavy (non-hydrogen) atoms. The Kier molecular flexibility index (Phi) is 2.67.